The third-order valence-corrected chi connectivity index (χ3v) is 4.10. The van der Waals surface area contributed by atoms with E-state index in [0.29, 0.717) is 0 Å². The lowest BCUT2D eigenvalue weighted by Gasteiger charge is -2.26. The fraction of sp³-hybridized carbons (Fsp3) is 0.438. The topological polar surface area (TPSA) is 94.5 Å². The molecule has 0 fully saturated rings. The van der Waals surface area contributed by atoms with Crippen molar-refractivity contribution in [3.05, 3.63) is 29.4 Å². The minimum absolute atomic E-state index is 0.0279. The first-order valence-electron chi connectivity index (χ1n) is 8.06. The molecule has 0 spiro atoms. The third kappa shape index (κ3) is 3.87. The van der Waals surface area contributed by atoms with Crippen molar-refractivity contribution in [2.75, 3.05) is 13.2 Å². The molecule has 0 bridgehead atoms. The molecule has 0 radical (unpaired) electrons. The van der Waals surface area contributed by atoms with Crippen molar-refractivity contribution >= 4 is 5.91 Å². The smallest absolute Gasteiger partial charge is 0.471 e. The van der Waals surface area contributed by atoms with Crippen molar-refractivity contribution in [3.8, 4) is 17.1 Å². The van der Waals surface area contributed by atoms with Crippen LogP contribution in [0, 0.1) is 5.82 Å². The molecule has 27 heavy (non-hydrogen) atoms. The van der Waals surface area contributed by atoms with Crippen LogP contribution in [0.1, 0.15) is 24.8 Å². The summed E-state index contributed by atoms with van der Waals surface area (Å²) in [5.74, 6) is -2.82. The molecule has 11 heteroatoms. The van der Waals surface area contributed by atoms with Crippen LogP contribution in [0.4, 0.5) is 17.6 Å². The molecule has 1 aromatic heterocycles. The van der Waals surface area contributed by atoms with Gasteiger partial charge in [0.15, 0.2) is 0 Å². The summed E-state index contributed by atoms with van der Waals surface area (Å²) < 4.78 is 62.2. The number of hydrogen-bond donors (Lipinski definition) is 1. The van der Waals surface area contributed by atoms with E-state index in [1.165, 1.54) is 11.0 Å². The van der Waals surface area contributed by atoms with Crippen molar-refractivity contribution in [2.24, 2.45) is 5.73 Å². The molecule has 1 amide bonds. The normalized spacial score (nSPS) is 17.3. The van der Waals surface area contributed by atoms with Crippen LogP contribution < -0.4 is 10.5 Å². The number of rotatable bonds is 3. The van der Waals surface area contributed by atoms with Crippen LogP contribution in [0.3, 0.4) is 0 Å². The van der Waals surface area contributed by atoms with Crippen LogP contribution in [-0.2, 0) is 17.5 Å². The molecule has 0 saturated carbocycles. The maximum absolute atomic E-state index is 14.6. The van der Waals surface area contributed by atoms with E-state index < -0.39 is 23.7 Å². The molecular weight excluding hydrogens is 372 g/mol. The molecule has 1 aliphatic rings. The van der Waals surface area contributed by atoms with Crippen LogP contribution in [-0.4, -0.2) is 40.1 Å². The Morgan fingerprint density at radius 1 is 1.41 bits per heavy atom. The average Bonchev–Trinajstić information content (AvgIpc) is 3.03. The van der Waals surface area contributed by atoms with E-state index in [1.54, 1.807) is 6.92 Å². The predicted octanol–water partition coefficient (Wildman–Crippen LogP) is 2.35. The van der Waals surface area contributed by atoms with Crippen molar-refractivity contribution in [1.29, 1.82) is 0 Å². The highest BCUT2D eigenvalue weighted by Crippen LogP contribution is 2.34. The third-order valence-electron chi connectivity index (χ3n) is 4.10. The van der Waals surface area contributed by atoms with Gasteiger partial charge in [-0.1, -0.05) is 5.16 Å². The molecule has 146 valence electrons. The van der Waals surface area contributed by atoms with Gasteiger partial charge in [-0.25, -0.2) is 4.39 Å². The minimum Gasteiger partial charge on any atom is -0.491 e. The zero-order valence-electron chi connectivity index (χ0n) is 14.2. The fourth-order valence-electron chi connectivity index (χ4n) is 2.71. The van der Waals surface area contributed by atoms with E-state index in [1.807, 2.05) is 0 Å². The van der Waals surface area contributed by atoms with Gasteiger partial charge in [0, 0.05) is 24.1 Å². The van der Waals surface area contributed by atoms with Gasteiger partial charge in [0.25, 0.3) is 0 Å². The van der Waals surface area contributed by atoms with Crippen LogP contribution in [0.2, 0.25) is 0 Å². The van der Waals surface area contributed by atoms with Gasteiger partial charge in [0.2, 0.25) is 11.7 Å². The number of carbonyl (C=O) groups excluding carboxylic acids is 1. The second kappa shape index (κ2) is 7.14. The predicted molar refractivity (Wildman–Crippen MR) is 83.9 cm³/mol. The van der Waals surface area contributed by atoms with Gasteiger partial charge >= 0.3 is 12.1 Å². The molecular formula is C16H16F4N4O3. The average molecular weight is 388 g/mol. The maximum atomic E-state index is 14.6. The lowest BCUT2D eigenvalue weighted by Crippen LogP contribution is -2.40. The SMILES string of the molecule is C[C@H]1COc2cc(-c3noc(C(F)(F)F)n3)cc(F)c2CN1C(=O)CCN. The number of halogens is 4. The van der Waals surface area contributed by atoms with Gasteiger partial charge in [-0.2, -0.15) is 18.2 Å². The Kier molecular flexibility index (Phi) is 5.05. The number of hydrogen-bond acceptors (Lipinski definition) is 6. The monoisotopic (exact) mass is 388 g/mol. The van der Waals surface area contributed by atoms with E-state index >= 15 is 0 Å². The van der Waals surface area contributed by atoms with E-state index in [-0.39, 0.29) is 54.9 Å². The first kappa shape index (κ1) is 19.1. The minimum atomic E-state index is -4.80. The second-order valence-electron chi connectivity index (χ2n) is 6.08. The number of nitrogens with two attached hydrogens (primary N) is 1. The van der Waals surface area contributed by atoms with E-state index in [2.05, 4.69) is 14.7 Å². The summed E-state index contributed by atoms with van der Waals surface area (Å²) >= 11 is 0. The summed E-state index contributed by atoms with van der Waals surface area (Å²) in [5, 5.41) is 3.24. The number of aromatic nitrogens is 2. The lowest BCUT2D eigenvalue weighted by atomic mass is 10.1. The van der Waals surface area contributed by atoms with Crippen LogP contribution in [0.5, 0.6) is 5.75 Å². The zero-order chi connectivity index (χ0) is 19.8. The highest BCUT2D eigenvalue weighted by molar-refractivity contribution is 5.77. The summed E-state index contributed by atoms with van der Waals surface area (Å²) in [6.45, 7) is 1.96. The van der Waals surface area contributed by atoms with Crippen molar-refractivity contribution < 1.29 is 31.6 Å². The number of ether oxygens (including phenoxy) is 1. The largest absolute Gasteiger partial charge is 0.491 e. The highest BCUT2D eigenvalue weighted by atomic mass is 19.4. The zero-order valence-corrected chi connectivity index (χ0v) is 14.2. The van der Waals surface area contributed by atoms with Gasteiger partial charge in [-0.15, -0.1) is 0 Å². The van der Waals surface area contributed by atoms with Gasteiger partial charge in [-0.05, 0) is 19.1 Å². The Balaban J connectivity index is 1.95. The maximum Gasteiger partial charge on any atom is 0.471 e. The summed E-state index contributed by atoms with van der Waals surface area (Å²) in [4.78, 5) is 16.9. The van der Waals surface area contributed by atoms with Crippen molar-refractivity contribution in [3.63, 3.8) is 0 Å². The van der Waals surface area contributed by atoms with E-state index in [0.717, 1.165) is 6.07 Å². The van der Waals surface area contributed by atoms with Gasteiger partial charge < -0.3 is 19.9 Å². The van der Waals surface area contributed by atoms with Gasteiger partial charge in [0.1, 0.15) is 18.2 Å². The van der Waals surface area contributed by atoms with Gasteiger partial charge in [-0.3, -0.25) is 4.79 Å². The standard InChI is InChI=1S/C16H16F4N4O3/c1-8-7-26-12-5-9(14-22-15(27-23-14)16(18,19)20)4-11(17)10(12)6-24(8)13(25)2-3-21/h4-5,8H,2-3,6-7,21H2,1H3/t8-/m0/s1. The van der Waals surface area contributed by atoms with Gasteiger partial charge in [0.05, 0.1) is 12.6 Å². The molecule has 1 aliphatic heterocycles. The van der Waals surface area contributed by atoms with Crippen LogP contribution in [0.25, 0.3) is 11.4 Å². The Morgan fingerprint density at radius 2 is 2.15 bits per heavy atom. The molecule has 2 aromatic rings. The van der Waals surface area contributed by atoms with Crippen molar-refractivity contribution in [1.82, 2.24) is 15.0 Å². The number of nitrogens with zero attached hydrogens (tertiary/aromatic N) is 3. The molecule has 0 unspecified atom stereocenters. The molecule has 2 N–H and O–H groups in total. The molecule has 2 heterocycles. The molecule has 7 nitrogen and oxygen atoms in total. The molecule has 0 aliphatic carbocycles. The number of amides is 1. The van der Waals surface area contributed by atoms with Crippen LogP contribution in [0.15, 0.2) is 16.7 Å². The number of carbonyl (C=O) groups is 1. The lowest BCUT2D eigenvalue weighted by molar-refractivity contribution is -0.159. The molecule has 3 rings (SSSR count). The Labute approximate surface area is 151 Å². The molecule has 0 saturated heterocycles. The summed E-state index contributed by atoms with van der Waals surface area (Å²) in [7, 11) is 0. The quantitative estimate of drug-likeness (QED) is 0.812. The number of fused-ring (bicyclic) bond motifs is 1. The van der Waals surface area contributed by atoms with Crippen molar-refractivity contribution in [2.45, 2.75) is 32.1 Å². The molecule has 1 atom stereocenters. The summed E-state index contributed by atoms with van der Waals surface area (Å²) in [5.41, 5.74) is 5.50. The first-order valence-corrected chi connectivity index (χ1v) is 8.06. The number of alkyl halides is 3. The summed E-state index contributed by atoms with van der Waals surface area (Å²) in [6, 6.07) is 1.98. The Hall–Kier alpha value is -2.69. The highest BCUT2D eigenvalue weighted by Gasteiger charge is 2.38. The Bertz CT molecular complexity index is 853. The van der Waals surface area contributed by atoms with Crippen LogP contribution >= 0.6 is 0 Å². The number of benzene rings is 1. The van der Waals surface area contributed by atoms with E-state index in [4.69, 9.17) is 10.5 Å². The first-order chi connectivity index (χ1) is 12.7. The fourth-order valence-corrected chi connectivity index (χ4v) is 2.71. The molecule has 1 aromatic carbocycles. The van der Waals surface area contributed by atoms with E-state index in [9.17, 15) is 22.4 Å². The second-order valence-corrected chi connectivity index (χ2v) is 6.08. The Morgan fingerprint density at radius 3 is 2.78 bits per heavy atom. The summed E-state index contributed by atoms with van der Waals surface area (Å²) in [6.07, 6.45) is -4.69.